The molecule has 1 saturated heterocycles. The maximum atomic E-state index is 11.8. The normalized spacial score (nSPS) is 20.1. The van der Waals surface area contributed by atoms with E-state index in [1.54, 1.807) is 0 Å². The summed E-state index contributed by atoms with van der Waals surface area (Å²) in [5.41, 5.74) is 0. The highest BCUT2D eigenvalue weighted by Gasteiger charge is 2.23. The van der Waals surface area contributed by atoms with Gasteiger partial charge in [0.2, 0.25) is 0 Å². The van der Waals surface area contributed by atoms with Gasteiger partial charge in [0, 0.05) is 25.0 Å². The van der Waals surface area contributed by atoms with Gasteiger partial charge in [-0.2, -0.15) is 0 Å². The number of ether oxygens (including phenoxy) is 1. The minimum atomic E-state index is 0.0293. The van der Waals surface area contributed by atoms with E-state index in [2.05, 4.69) is 11.2 Å². The van der Waals surface area contributed by atoms with Gasteiger partial charge < -0.3 is 15.0 Å². The van der Waals surface area contributed by atoms with E-state index in [-0.39, 0.29) is 12.1 Å². The van der Waals surface area contributed by atoms with Gasteiger partial charge in [-0.05, 0) is 26.7 Å². The minimum absolute atomic E-state index is 0.0293. The number of hydrogen-bond donors (Lipinski definition) is 1. The molecule has 0 aromatic rings. The second-order valence-electron chi connectivity index (χ2n) is 4.78. The van der Waals surface area contributed by atoms with E-state index in [1.807, 2.05) is 18.7 Å². The standard InChI is InChI=1S/C13H22N2O2/c1-4-8-17-10-12-6-5-7-15(9-12)13(16)14-11(2)3/h1,11-12H,5-10H2,2-3H3,(H,14,16). The van der Waals surface area contributed by atoms with Crippen LogP contribution in [0.4, 0.5) is 4.79 Å². The topological polar surface area (TPSA) is 41.6 Å². The number of likely N-dealkylation sites (tertiary alicyclic amines) is 1. The highest BCUT2D eigenvalue weighted by atomic mass is 16.5. The van der Waals surface area contributed by atoms with E-state index in [1.165, 1.54) is 0 Å². The van der Waals surface area contributed by atoms with Crippen LogP contribution < -0.4 is 5.32 Å². The van der Waals surface area contributed by atoms with E-state index in [0.29, 0.717) is 19.1 Å². The summed E-state index contributed by atoms with van der Waals surface area (Å²) in [6, 6.07) is 0.210. The smallest absolute Gasteiger partial charge is 0.317 e. The molecule has 1 N–H and O–H groups in total. The molecule has 1 aliphatic rings. The molecule has 4 nitrogen and oxygen atoms in total. The number of hydrogen-bond acceptors (Lipinski definition) is 2. The molecule has 4 heteroatoms. The van der Waals surface area contributed by atoms with Gasteiger partial charge in [0.25, 0.3) is 0 Å². The van der Waals surface area contributed by atoms with Crippen LogP contribution in [0.1, 0.15) is 26.7 Å². The molecule has 0 aromatic heterocycles. The Labute approximate surface area is 104 Å². The van der Waals surface area contributed by atoms with Gasteiger partial charge >= 0.3 is 6.03 Å². The van der Waals surface area contributed by atoms with Crippen LogP contribution in [0.3, 0.4) is 0 Å². The Kier molecular flexibility index (Phi) is 5.85. The predicted molar refractivity (Wildman–Crippen MR) is 67.6 cm³/mol. The van der Waals surface area contributed by atoms with Crippen LogP contribution in [0, 0.1) is 18.3 Å². The summed E-state index contributed by atoms with van der Waals surface area (Å²) in [6.07, 6.45) is 7.27. The number of nitrogens with one attached hydrogen (secondary N) is 1. The first-order valence-electron chi connectivity index (χ1n) is 6.20. The van der Waals surface area contributed by atoms with Gasteiger partial charge in [-0.25, -0.2) is 4.79 Å². The highest BCUT2D eigenvalue weighted by molar-refractivity contribution is 5.74. The van der Waals surface area contributed by atoms with E-state index < -0.39 is 0 Å². The third-order valence-corrected chi connectivity index (χ3v) is 2.76. The fraction of sp³-hybridized carbons (Fsp3) is 0.769. The van der Waals surface area contributed by atoms with Crippen molar-refractivity contribution in [2.75, 3.05) is 26.3 Å². The number of nitrogens with zero attached hydrogens (tertiary/aromatic N) is 1. The lowest BCUT2D eigenvalue weighted by molar-refractivity contribution is 0.0854. The fourth-order valence-corrected chi connectivity index (χ4v) is 2.01. The first-order chi connectivity index (χ1) is 8.13. The molecule has 1 aliphatic heterocycles. The minimum Gasteiger partial charge on any atom is -0.368 e. The third kappa shape index (κ3) is 5.10. The molecule has 0 radical (unpaired) electrons. The van der Waals surface area contributed by atoms with Crippen LogP contribution >= 0.6 is 0 Å². The van der Waals surface area contributed by atoms with Crippen LogP contribution in [0.2, 0.25) is 0 Å². The van der Waals surface area contributed by atoms with Crippen LogP contribution in [-0.2, 0) is 4.74 Å². The Morgan fingerprint density at radius 2 is 2.41 bits per heavy atom. The Morgan fingerprint density at radius 3 is 3.06 bits per heavy atom. The van der Waals surface area contributed by atoms with Crippen LogP contribution in [0.15, 0.2) is 0 Å². The zero-order valence-electron chi connectivity index (χ0n) is 10.7. The number of terminal acetylenes is 1. The average Bonchev–Trinajstić information content (AvgIpc) is 2.29. The Hall–Kier alpha value is -1.21. The van der Waals surface area contributed by atoms with Gasteiger partial charge in [-0.3, -0.25) is 0 Å². The van der Waals surface area contributed by atoms with Crippen molar-refractivity contribution in [2.45, 2.75) is 32.7 Å². The van der Waals surface area contributed by atoms with E-state index in [9.17, 15) is 4.79 Å². The SMILES string of the molecule is C#CCOCC1CCCN(C(=O)NC(C)C)C1. The highest BCUT2D eigenvalue weighted by Crippen LogP contribution is 2.16. The largest absolute Gasteiger partial charge is 0.368 e. The molecule has 0 aliphatic carbocycles. The van der Waals surface area contributed by atoms with Crippen molar-refractivity contribution < 1.29 is 9.53 Å². The zero-order chi connectivity index (χ0) is 12.7. The monoisotopic (exact) mass is 238 g/mol. The molecular weight excluding hydrogens is 216 g/mol. The number of piperidine rings is 1. The van der Waals surface area contributed by atoms with Gasteiger partial charge in [0.15, 0.2) is 0 Å². The molecule has 96 valence electrons. The molecule has 1 rings (SSSR count). The molecular formula is C13H22N2O2. The summed E-state index contributed by atoms with van der Waals surface area (Å²) < 4.78 is 5.34. The Morgan fingerprint density at radius 1 is 1.65 bits per heavy atom. The fourth-order valence-electron chi connectivity index (χ4n) is 2.01. The van der Waals surface area contributed by atoms with Gasteiger partial charge in [0.1, 0.15) is 6.61 Å². The summed E-state index contributed by atoms with van der Waals surface area (Å²) in [4.78, 5) is 13.7. The van der Waals surface area contributed by atoms with Gasteiger partial charge in [-0.1, -0.05) is 5.92 Å². The van der Waals surface area contributed by atoms with E-state index in [4.69, 9.17) is 11.2 Å². The summed E-state index contributed by atoms with van der Waals surface area (Å²) >= 11 is 0. The molecule has 2 amide bonds. The lowest BCUT2D eigenvalue weighted by Gasteiger charge is -2.33. The second kappa shape index (κ2) is 7.18. The summed E-state index contributed by atoms with van der Waals surface area (Å²) in [7, 11) is 0. The van der Waals surface area contributed by atoms with E-state index in [0.717, 1.165) is 25.9 Å². The zero-order valence-corrected chi connectivity index (χ0v) is 10.7. The number of carbonyl (C=O) groups is 1. The first kappa shape index (κ1) is 13.9. The second-order valence-corrected chi connectivity index (χ2v) is 4.78. The van der Waals surface area contributed by atoms with Crippen LogP contribution in [0.25, 0.3) is 0 Å². The molecule has 17 heavy (non-hydrogen) atoms. The maximum absolute atomic E-state index is 11.8. The lowest BCUT2D eigenvalue weighted by atomic mass is 9.99. The predicted octanol–water partition coefficient (Wildman–Crippen LogP) is 1.47. The van der Waals surface area contributed by atoms with Gasteiger partial charge in [-0.15, -0.1) is 6.42 Å². The maximum Gasteiger partial charge on any atom is 0.317 e. The number of rotatable bonds is 4. The summed E-state index contributed by atoms with van der Waals surface area (Å²) in [5.74, 6) is 2.86. The van der Waals surface area contributed by atoms with Crippen molar-refractivity contribution in [3.05, 3.63) is 0 Å². The van der Waals surface area contributed by atoms with E-state index >= 15 is 0 Å². The third-order valence-electron chi connectivity index (χ3n) is 2.76. The summed E-state index contributed by atoms with van der Waals surface area (Å²) in [6.45, 7) is 6.54. The van der Waals surface area contributed by atoms with Crippen LogP contribution in [0.5, 0.6) is 0 Å². The molecule has 0 spiro atoms. The van der Waals surface area contributed by atoms with Crippen molar-refractivity contribution in [1.29, 1.82) is 0 Å². The lowest BCUT2D eigenvalue weighted by Crippen LogP contribution is -2.48. The molecule has 1 atom stereocenters. The molecule has 0 bridgehead atoms. The van der Waals surface area contributed by atoms with Crippen molar-refractivity contribution in [3.8, 4) is 12.3 Å². The number of carbonyl (C=O) groups excluding carboxylic acids is 1. The molecule has 1 heterocycles. The first-order valence-corrected chi connectivity index (χ1v) is 6.20. The number of amides is 2. The molecule has 0 aromatic carbocycles. The van der Waals surface area contributed by atoms with Crippen molar-refractivity contribution >= 4 is 6.03 Å². The van der Waals surface area contributed by atoms with Crippen molar-refractivity contribution in [3.63, 3.8) is 0 Å². The van der Waals surface area contributed by atoms with Crippen LogP contribution in [-0.4, -0.2) is 43.3 Å². The van der Waals surface area contributed by atoms with Crippen molar-refractivity contribution in [1.82, 2.24) is 10.2 Å². The number of urea groups is 1. The Bertz CT molecular complexity index is 284. The average molecular weight is 238 g/mol. The molecule has 1 unspecified atom stereocenters. The summed E-state index contributed by atoms with van der Waals surface area (Å²) in [5, 5.41) is 2.91. The Balaban J connectivity index is 2.33. The van der Waals surface area contributed by atoms with Gasteiger partial charge in [0.05, 0.1) is 6.61 Å². The quantitative estimate of drug-likeness (QED) is 0.595. The molecule has 0 saturated carbocycles. The molecule has 1 fully saturated rings. The van der Waals surface area contributed by atoms with Crippen molar-refractivity contribution in [2.24, 2.45) is 5.92 Å².